The van der Waals surface area contributed by atoms with Crippen LogP contribution in [-0.2, 0) is 14.3 Å². The van der Waals surface area contributed by atoms with Crippen molar-refractivity contribution in [2.75, 3.05) is 40.0 Å². The van der Waals surface area contributed by atoms with Crippen LogP contribution in [0.1, 0.15) is 30.1 Å². The fraction of sp³-hybridized carbons (Fsp3) is 0.500. The molecule has 0 spiro atoms. The van der Waals surface area contributed by atoms with Gasteiger partial charge in [0.05, 0.1) is 26.9 Å². The van der Waals surface area contributed by atoms with Crippen LogP contribution < -0.4 is 20.3 Å². The molecule has 0 saturated carbocycles. The van der Waals surface area contributed by atoms with Crippen molar-refractivity contribution >= 4 is 17.7 Å². The van der Waals surface area contributed by atoms with Crippen molar-refractivity contribution in [1.29, 1.82) is 0 Å². The second kappa shape index (κ2) is 10.4. The van der Waals surface area contributed by atoms with Crippen LogP contribution in [-0.4, -0.2) is 62.6 Å². The lowest BCUT2D eigenvalue weighted by Crippen LogP contribution is -2.43. The van der Waals surface area contributed by atoms with E-state index in [9.17, 15) is 14.4 Å². The van der Waals surface area contributed by atoms with Crippen molar-refractivity contribution < 1.29 is 28.6 Å². The number of nitrogens with zero attached hydrogens (tertiary/aromatic N) is 1. The minimum atomic E-state index is -0.496. The highest BCUT2D eigenvalue weighted by atomic mass is 16.5. The molecule has 1 fully saturated rings. The Kier molecular flexibility index (Phi) is 7.87. The fourth-order valence-corrected chi connectivity index (χ4v) is 2.54. The molecule has 1 saturated heterocycles. The standard InChI is InChI=1S/C18H25N3O6/c1-3-27-14-5-4-13(12-15(14)25-2)18(24)20-19-16(22)6-7-17(23)21-8-10-26-11-9-21/h4-5,12H,3,6-11H2,1-2H3,(H,19,22)(H,20,24). The SMILES string of the molecule is CCOc1ccc(C(=O)NNC(=O)CCC(=O)N2CCOCC2)cc1OC. The predicted molar refractivity (Wildman–Crippen MR) is 96.4 cm³/mol. The van der Waals surface area contributed by atoms with Crippen molar-refractivity contribution in [2.45, 2.75) is 19.8 Å². The van der Waals surface area contributed by atoms with Gasteiger partial charge in [-0.25, -0.2) is 0 Å². The maximum atomic E-state index is 12.2. The Labute approximate surface area is 157 Å². The zero-order chi connectivity index (χ0) is 19.6. The molecule has 1 aliphatic heterocycles. The van der Waals surface area contributed by atoms with Crippen molar-refractivity contribution in [3.8, 4) is 11.5 Å². The molecule has 0 bridgehead atoms. The molecule has 27 heavy (non-hydrogen) atoms. The third-order valence-electron chi connectivity index (χ3n) is 3.97. The summed E-state index contributed by atoms with van der Waals surface area (Å²) in [7, 11) is 1.48. The summed E-state index contributed by atoms with van der Waals surface area (Å²) in [5.41, 5.74) is 4.94. The molecule has 2 rings (SSSR count). The molecule has 0 unspecified atom stereocenters. The minimum absolute atomic E-state index is 0.0108. The van der Waals surface area contributed by atoms with Gasteiger partial charge in [0.2, 0.25) is 11.8 Å². The molecule has 0 atom stereocenters. The summed E-state index contributed by atoms with van der Waals surface area (Å²) in [6, 6.07) is 4.71. The molecule has 3 amide bonds. The summed E-state index contributed by atoms with van der Waals surface area (Å²) < 4.78 is 15.8. The largest absolute Gasteiger partial charge is 0.493 e. The summed E-state index contributed by atoms with van der Waals surface area (Å²) in [6.07, 6.45) is 0.0711. The van der Waals surface area contributed by atoms with Crippen LogP contribution >= 0.6 is 0 Å². The lowest BCUT2D eigenvalue weighted by molar-refractivity contribution is -0.137. The average Bonchev–Trinajstić information content (AvgIpc) is 2.71. The molecule has 1 aliphatic rings. The topological polar surface area (TPSA) is 106 Å². The Balaban J connectivity index is 1.78. The van der Waals surface area contributed by atoms with E-state index in [1.165, 1.54) is 13.2 Å². The van der Waals surface area contributed by atoms with E-state index in [2.05, 4.69) is 10.9 Å². The number of methoxy groups -OCH3 is 1. The lowest BCUT2D eigenvalue weighted by atomic mass is 10.2. The molecule has 0 aliphatic carbocycles. The summed E-state index contributed by atoms with van der Waals surface area (Å²) in [5, 5.41) is 0. The number of hydrazine groups is 1. The maximum Gasteiger partial charge on any atom is 0.269 e. The third kappa shape index (κ3) is 6.14. The molecule has 0 aromatic heterocycles. The molecule has 1 aromatic carbocycles. The molecular formula is C18H25N3O6. The molecule has 9 nitrogen and oxygen atoms in total. The van der Waals surface area contributed by atoms with Gasteiger partial charge >= 0.3 is 0 Å². The van der Waals surface area contributed by atoms with E-state index in [1.54, 1.807) is 17.0 Å². The van der Waals surface area contributed by atoms with Crippen molar-refractivity contribution in [3.63, 3.8) is 0 Å². The summed E-state index contributed by atoms with van der Waals surface area (Å²) >= 11 is 0. The zero-order valence-electron chi connectivity index (χ0n) is 15.6. The first-order valence-electron chi connectivity index (χ1n) is 8.80. The predicted octanol–water partition coefficient (Wildman–Crippen LogP) is 0.494. The van der Waals surface area contributed by atoms with Gasteiger partial charge in [-0.2, -0.15) is 0 Å². The Morgan fingerprint density at radius 1 is 1.11 bits per heavy atom. The first-order valence-corrected chi connectivity index (χ1v) is 8.80. The van der Waals surface area contributed by atoms with Gasteiger partial charge in [-0.05, 0) is 25.1 Å². The number of nitrogens with one attached hydrogen (secondary N) is 2. The van der Waals surface area contributed by atoms with Gasteiger partial charge in [0.25, 0.3) is 5.91 Å². The number of ether oxygens (including phenoxy) is 3. The number of morpholine rings is 1. The van der Waals surface area contributed by atoms with E-state index in [1.807, 2.05) is 6.92 Å². The van der Waals surface area contributed by atoms with Crippen LogP contribution in [0.2, 0.25) is 0 Å². The number of carbonyl (C=O) groups excluding carboxylic acids is 3. The van der Waals surface area contributed by atoms with Gasteiger partial charge in [0.1, 0.15) is 0 Å². The summed E-state index contributed by atoms with van der Waals surface area (Å²) in [4.78, 5) is 37.7. The van der Waals surface area contributed by atoms with E-state index in [4.69, 9.17) is 14.2 Å². The van der Waals surface area contributed by atoms with Crippen LogP contribution in [0, 0.1) is 0 Å². The quantitative estimate of drug-likeness (QED) is 0.668. The smallest absolute Gasteiger partial charge is 0.269 e. The van der Waals surface area contributed by atoms with Crippen LogP contribution in [0.15, 0.2) is 18.2 Å². The number of hydrogen-bond donors (Lipinski definition) is 2. The second-order valence-corrected chi connectivity index (χ2v) is 5.79. The Morgan fingerprint density at radius 2 is 1.85 bits per heavy atom. The molecular weight excluding hydrogens is 354 g/mol. The highest BCUT2D eigenvalue weighted by molar-refractivity contribution is 5.96. The highest BCUT2D eigenvalue weighted by Gasteiger charge is 2.18. The maximum absolute atomic E-state index is 12.2. The van der Waals surface area contributed by atoms with E-state index >= 15 is 0 Å². The monoisotopic (exact) mass is 379 g/mol. The Hall–Kier alpha value is -2.81. The lowest BCUT2D eigenvalue weighted by Gasteiger charge is -2.26. The number of amides is 3. The first-order chi connectivity index (χ1) is 13.0. The van der Waals surface area contributed by atoms with Gasteiger partial charge in [-0.1, -0.05) is 0 Å². The molecule has 9 heteroatoms. The molecule has 1 heterocycles. The Bertz CT molecular complexity index is 673. The van der Waals surface area contributed by atoms with Gasteiger partial charge in [0, 0.05) is 31.5 Å². The van der Waals surface area contributed by atoms with E-state index < -0.39 is 11.8 Å². The van der Waals surface area contributed by atoms with Crippen LogP contribution in [0.4, 0.5) is 0 Å². The highest BCUT2D eigenvalue weighted by Crippen LogP contribution is 2.27. The van der Waals surface area contributed by atoms with Gasteiger partial charge in [-0.15, -0.1) is 0 Å². The fourth-order valence-electron chi connectivity index (χ4n) is 2.54. The van der Waals surface area contributed by atoms with Gasteiger partial charge in [0.15, 0.2) is 11.5 Å². The van der Waals surface area contributed by atoms with Crippen molar-refractivity contribution in [1.82, 2.24) is 15.8 Å². The van der Waals surface area contributed by atoms with Crippen molar-refractivity contribution in [2.24, 2.45) is 0 Å². The molecule has 1 aromatic rings. The molecule has 0 radical (unpaired) electrons. The average molecular weight is 379 g/mol. The van der Waals surface area contributed by atoms with Crippen LogP contribution in [0.3, 0.4) is 0 Å². The van der Waals surface area contributed by atoms with Gasteiger partial charge < -0.3 is 19.1 Å². The number of rotatable bonds is 7. The second-order valence-electron chi connectivity index (χ2n) is 5.79. The van der Waals surface area contributed by atoms with Crippen LogP contribution in [0.25, 0.3) is 0 Å². The first kappa shape index (κ1) is 20.5. The summed E-state index contributed by atoms with van der Waals surface area (Å²) in [5.74, 6) is -0.0859. The van der Waals surface area contributed by atoms with E-state index in [-0.39, 0.29) is 18.7 Å². The van der Waals surface area contributed by atoms with E-state index in [0.29, 0.717) is 50.0 Å². The van der Waals surface area contributed by atoms with Crippen LogP contribution in [0.5, 0.6) is 11.5 Å². The zero-order valence-corrected chi connectivity index (χ0v) is 15.6. The summed E-state index contributed by atoms with van der Waals surface area (Å²) in [6.45, 7) is 4.42. The van der Waals surface area contributed by atoms with E-state index in [0.717, 1.165) is 0 Å². The number of hydrogen-bond acceptors (Lipinski definition) is 6. The van der Waals surface area contributed by atoms with Gasteiger partial charge in [-0.3, -0.25) is 25.2 Å². The Morgan fingerprint density at radius 3 is 2.52 bits per heavy atom. The molecule has 2 N–H and O–H groups in total. The number of carbonyl (C=O) groups is 3. The minimum Gasteiger partial charge on any atom is -0.493 e. The van der Waals surface area contributed by atoms with Crippen molar-refractivity contribution in [3.05, 3.63) is 23.8 Å². The normalized spacial score (nSPS) is 13.6. The number of benzene rings is 1. The third-order valence-corrected chi connectivity index (χ3v) is 3.97. The molecule has 148 valence electrons.